The quantitative estimate of drug-likeness (QED) is 0.679. The lowest BCUT2D eigenvalue weighted by Crippen LogP contribution is -2.36. The second kappa shape index (κ2) is 3.15. The van der Waals surface area contributed by atoms with Crippen LogP contribution in [-0.4, -0.2) is 21.2 Å². The Morgan fingerprint density at radius 1 is 1.27 bits per heavy atom. The van der Waals surface area contributed by atoms with Gasteiger partial charge in [0, 0.05) is 7.05 Å². The van der Waals surface area contributed by atoms with E-state index in [2.05, 4.69) is 10.3 Å². The van der Waals surface area contributed by atoms with Gasteiger partial charge in [-0.1, -0.05) is 5.21 Å². The molecule has 0 atom stereocenters. The highest BCUT2D eigenvalue weighted by Gasteiger charge is 2.62. The van der Waals surface area contributed by atoms with Crippen molar-refractivity contribution in [2.45, 2.75) is 12.1 Å². The summed E-state index contributed by atoms with van der Waals surface area (Å²) in [6, 6.07) is 1.12. The molecule has 1 heterocycles. The number of hydrogen-bond acceptors (Lipinski definition) is 3. The van der Waals surface area contributed by atoms with Crippen LogP contribution >= 0.6 is 0 Å². The first-order chi connectivity index (χ1) is 6.71. The van der Waals surface area contributed by atoms with Crippen LogP contribution in [-0.2, 0) is 13.0 Å². The SMILES string of the molecule is Cn1nnc(C#N)c1C(F)(F)C(F)(F)F. The van der Waals surface area contributed by atoms with E-state index in [4.69, 9.17) is 5.26 Å². The lowest BCUT2D eigenvalue weighted by Gasteiger charge is -2.18. The molecule has 15 heavy (non-hydrogen) atoms. The molecule has 1 aromatic heterocycles. The Balaban J connectivity index is 3.40. The first-order valence-corrected chi connectivity index (χ1v) is 3.46. The molecule has 0 spiro atoms. The summed E-state index contributed by atoms with van der Waals surface area (Å²) in [5.41, 5.74) is -2.60. The molecule has 0 radical (unpaired) electrons. The summed E-state index contributed by atoms with van der Waals surface area (Å²) in [6.45, 7) is 0. The van der Waals surface area contributed by atoms with Gasteiger partial charge in [0.25, 0.3) is 0 Å². The second-order valence-electron chi connectivity index (χ2n) is 2.59. The zero-order chi connectivity index (χ0) is 11.9. The molecule has 0 unspecified atom stereocenters. The smallest absolute Gasteiger partial charge is 0.245 e. The predicted molar refractivity (Wildman–Crippen MR) is 35.7 cm³/mol. The Bertz CT molecular complexity index is 412. The van der Waals surface area contributed by atoms with E-state index < -0.39 is 23.5 Å². The standard InChI is InChI=1S/C6H3F5N4/c1-15-4(3(2-12)13-14-15)5(7,8)6(9,10)11/h1H3. The van der Waals surface area contributed by atoms with E-state index in [-0.39, 0.29) is 4.68 Å². The molecule has 0 fully saturated rings. The van der Waals surface area contributed by atoms with Gasteiger partial charge in [-0.25, -0.2) is 4.68 Å². The van der Waals surface area contributed by atoms with E-state index in [9.17, 15) is 22.0 Å². The Hall–Kier alpha value is -1.72. The van der Waals surface area contributed by atoms with Crippen molar-refractivity contribution in [1.82, 2.24) is 15.0 Å². The van der Waals surface area contributed by atoms with Crippen molar-refractivity contribution in [3.63, 3.8) is 0 Å². The molecule has 0 aromatic carbocycles. The number of aryl methyl sites for hydroxylation is 1. The fourth-order valence-electron chi connectivity index (χ4n) is 0.919. The number of nitrogens with zero attached hydrogens (tertiary/aromatic N) is 4. The molecule has 9 heteroatoms. The zero-order valence-electron chi connectivity index (χ0n) is 7.18. The Labute approximate surface area is 79.9 Å². The van der Waals surface area contributed by atoms with Crippen LogP contribution in [0.4, 0.5) is 22.0 Å². The lowest BCUT2D eigenvalue weighted by atomic mass is 10.2. The topological polar surface area (TPSA) is 54.5 Å². The molecule has 0 aliphatic heterocycles. The molecule has 0 bridgehead atoms. The van der Waals surface area contributed by atoms with Crippen molar-refractivity contribution >= 4 is 0 Å². The van der Waals surface area contributed by atoms with Gasteiger partial charge in [-0.3, -0.25) is 0 Å². The Morgan fingerprint density at radius 3 is 2.20 bits per heavy atom. The third-order valence-corrected chi connectivity index (χ3v) is 1.59. The van der Waals surface area contributed by atoms with Gasteiger partial charge < -0.3 is 0 Å². The summed E-state index contributed by atoms with van der Waals surface area (Å²) in [6.07, 6.45) is -5.78. The van der Waals surface area contributed by atoms with Gasteiger partial charge >= 0.3 is 12.1 Å². The molecule has 0 saturated heterocycles. The van der Waals surface area contributed by atoms with Crippen molar-refractivity contribution in [3.05, 3.63) is 11.4 Å². The number of aromatic nitrogens is 3. The molecule has 0 aliphatic rings. The highest BCUT2D eigenvalue weighted by Crippen LogP contribution is 2.44. The van der Waals surface area contributed by atoms with Gasteiger partial charge in [0.15, 0.2) is 11.4 Å². The maximum atomic E-state index is 12.8. The van der Waals surface area contributed by atoms with Crippen LogP contribution in [0.5, 0.6) is 0 Å². The van der Waals surface area contributed by atoms with E-state index in [0.29, 0.717) is 0 Å². The Kier molecular flexibility index (Phi) is 2.38. The number of hydrogen-bond donors (Lipinski definition) is 0. The average molecular weight is 226 g/mol. The molecular formula is C6H3F5N4. The second-order valence-corrected chi connectivity index (χ2v) is 2.59. The number of alkyl halides is 5. The third kappa shape index (κ3) is 1.62. The fourth-order valence-corrected chi connectivity index (χ4v) is 0.919. The van der Waals surface area contributed by atoms with E-state index in [1.165, 1.54) is 0 Å². The maximum Gasteiger partial charge on any atom is 0.459 e. The van der Waals surface area contributed by atoms with Gasteiger partial charge in [-0.15, -0.1) is 5.10 Å². The van der Waals surface area contributed by atoms with Crippen molar-refractivity contribution in [2.75, 3.05) is 0 Å². The molecule has 0 amide bonds. The molecule has 4 nitrogen and oxygen atoms in total. The summed E-state index contributed by atoms with van der Waals surface area (Å²) in [5.74, 6) is -5.14. The highest BCUT2D eigenvalue weighted by molar-refractivity contribution is 5.29. The summed E-state index contributed by atoms with van der Waals surface area (Å²) < 4.78 is 61.8. The Morgan fingerprint density at radius 2 is 1.80 bits per heavy atom. The fraction of sp³-hybridized carbons (Fsp3) is 0.500. The van der Waals surface area contributed by atoms with Gasteiger partial charge in [-0.2, -0.15) is 27.2 Å². The minimum absolute atomic E-state index is 0.228. The van der Waals surface area contributed by atoms with E-state index >= 15 is 0 Å². The lowest BCUT2D eigenvalue weighted by molar-refractivity contribution is -0.292. The molecular weight excluding hydrogens is 223 g/mol. The van der Waals surface area contributed by atoms with Gasteiger partial charge in [0.05, 0.1) is 0 Å². The van der Waals surface area contributed by atoms with E-state index in [0.717, 1.165) is 13.1 Å². The van der Waals surface area contributed by atoms with E-state index in [1.807, 2.05) is 0 Å². The summed E-state index contributed by atoms with van der Waals surface area (Å²) in [4.78, 5) is 0. The van der Waals surface area contributed by atoms with Crippen LogP contribution in [0.25, 0.3) is 0 Å². The first kappa shape index (κ1) is 11.4. The zero-order valence-corrected chi connectivity index (χ0v) is 7.18. The molecule has 1 aromatic rings. The van der Waals surface area contributed by atoms with Crippen LogP contribution in [0.1, 0.15) is 11.4 Å². The van der Waals surface area contributed by atoms with Crippen LogP contribution < -0.4 is 0 Å². The predicted octanol–water partition coefficient (Wildman–Crippen LogP) is 1.34. The van der Waals surface area contributed by atoms with Gasteiger partial charge in [0.1, 0.15) is 6.07 Å². The minimum Gasteiger partial charge on any atom is -0.245 e. The van der Waals surface area contributed by atoms with Gasteiger partial charge in [0.2, 0.25) is 0 Å². The van der Waals surface area contributed by atoms with E-state index in [1.54, 1.807) is 0 Å². The molecule has 0 saturated carbocycles. The number of nitriles is 1. The number of rotatable bonds is 1. The molecule has 0 N–H and O–H groups in total. The third-order valence-electron chi connectivity index (χ3n) is 1.59. The highest BCUT2D eigenvalue weighted by atomic mass is 19.4. The summed E-state index contributed by atoms with van der Waals surface area (Å²) in [5, 5.41) is 14.1. The summed E-state index contributed by atoms with van der Waals surface area (Å²) in [7, 11) is 0.850. The molecule has 82 valence electrons. The van der Waals surface area contributed by atoms with Crippen molar-refractivity contribution in [2.24, 2.45) is 7.05 Å². The van der Waals surface area contributed by atoms with Crippen molar-refractivity contribution < 1.29 is 22.0 Å². The normalized spacial score (nSPS) is 12.6. The van der Waals surface area contributed by atoms with Crippen LogP contribution in [0.15, 0.2) is 0 Å². The molecule has 0 aliphatic carbocycles. The van der Waals surface area contributed by atoms with Gasteiger partial charge in [-0.05, 0) is 0 Å². The maximum absolute atomic E-state index is 12.8. The van der Waals surface area contributed by atoms with Crippen LogP contribution in [0.3, 0.4) is 0 Å². The van der Waals surface area contributed by atoms with Crippen molar-refractivity contribution in [3.8, 4) is 6.07 Å². The number of halogens is 5. The first-order valence-electron chi connectivity index (χ1n) is 3.46. The van der Waals surface area contributed by atoms with Crippen LogP contribution in [0.2, 0.25) is 0 Å². The largest absolute Gasteiger partial charge is 0.459 e. The molecule has 1 rings (SSSR count). The minimum atomic E-state index is -5.78. The monoisotopic (exact) mass is 226 g/mol. The van der Waals surface area contributed by atoms with Crippen molar-refractivity contribution in [1.29, 1.82) is 5.26 Å². The average Bonchev–Trinajstić information content (AvgIpc) is 2.44. The van der Waals surface area contributed by atoms with Crippen LogP contribution in [0, 0.1) is 11.3 Å². The summed E-state index contributed by atoms with van der Waals surface area (Å²) >= 11 is 0.